The van der Waals surface area contributed by atoms with Crippen LogP contribution >= 0.6 is 37.0 Å². The van der Waals surface area contributed by atoms with Crippen LogP contribution in [0.4, 0.5) is 0 Å². The minimum Gasteiger partial charge on any atom is -0.479 e. The first-order chi connectivity index (χ1) is 43.8. The molecule has 0 bridgehead atoms. The number of aliphatic carboxylic acids is 2. The lowest BCUT2D eigenvalue weighted by atomic mass is 9.94. The third-order valence-corrected chi connectivity index (χ3v) is 16.4. The van der Waals surface area contributed by atoms with Crippen LogP contribution in [0.3, 0.4) is 0 Å². The Morgan fingerprint density at radius 2 is 0.699 bits per heavy atom. The number of methoxy groups -OCH3 is 7. The molecule has 56 heteroatoms. The second-order valence-electron chi connectivity index (χ2n) is 18.5. The summed E-state index contributed by atoms with van der Waals surface area (Å²) in [5.74, 6) is -3.97. The maximum Gasteiger partial charge on any atom is 0.397 e. The van der Waals surface area contributed by atoms with E-state index in [0.717, 1.165) is 49.8 Å². The van der Waals surface area contributed by atoms with Crippen molar-refractivity contribution >= 4 is 90.5 Å². The zero-order chi connectivity index (χ0) is 69.3. The number of hydrogen-bond donors (Lipinski definition) is 10. The number of carboxylic acids is 2. The summed E-state index contributed by atoms with van der Waals surface area (Å²) in [6, 6.07) is -1.45. The van der Waals surface area contributed by atoms with Crippen molar-refractivity contribution in [1.82, 2.24) is 0 Å². The first-order valence-corrected chi connectivity index (χ1v) is 32.5. The van der Waals surface area contributed by atoms with Gasteiger partial charge >= 0.3 is 53.5 Å². The van der Waals surface area contributed by atoms with Crippen molar-refractivity contribution in [2.24, 2.45) is 5.73 Å². The molecule has 0 saturated carbocycles. The van der Waals surface area contributed by atoms with Gasteiger partial charge in [0, 0.05) is 49.8 Å². The molecule has 49 nitrogen and oxygen atoms in total. The van der Waals surface area contributed by atoms with Crippen LogP contribution in [0.15, 0.2) is 0 Å². The maximum absolute atomic E-state index is 13.4. The number of ether oxygens (including phenoxy) is 16. The van der Waals surface area contributed by atoms with Gasteiger partial charge in [-0.25, -0.2) is 42.1 Å². The summed E-state index contributed by atoms with van der Waals surface area (Å²) in [4.78, 5) is 26.7. The average molecular weight is 1510 g/mol. The number of nitrogens with two attached hydrogens (primary N) is 1. The Morgan fingerprint density at radius 3 is 1.04 bits per heavy atom. The van der Waals surface area contributed by atoms with Gasteiger partial charge in [-0.2, -0.15) is 33.7 Å². The minimum atomic E-state index is -5.95. The molecule has 546 valence electrons. The van der Waals surface area contributed by atoms with E-state index in [9.17, 15) is 71.7 Å². The van der Waals surface area contributed by atoms with Gasteiger partial charge in [0.05, 0.1) is 25.9 Å². The molecular formula is C37H63NO48S7. The normalized spacial score (nSPS) is 37.4. The quantitative estimate of drug-likeness (QED) is 0.00904. The third-order valence-electron chi connectivity index (χ3n) is 13.4. The lowest BCUT2D eigenvalue weighted by Gasteiger charge is -2.51. The van der Waals surface area contributed by atoms with Gasteiger partial charge in [-0.3, -0.25) is 30.8 Å². The molecule has 0 aromatic carbocycles. The van der Waals surface area contributed by atoms with Crippen molar-refractivity contribution in [3.63, 3.8) is 0 Å². The summed E-state index contributed by atoms with van der Waals surface area (Å²) >= 11 is -0.760. The van der Waals surface area contributed by atoms with Crippen molar-refractivity contribution in [2.75, 3.05) is 69.6 Å². The van der Waals surface area contributed by atoms with Gasteiger partial charge in [0.25, 0.3) is 0 Å². The zero-order valence-electron chi connectivity index (χ0n) is 47.9. The highest BCUT2D eigenvalue weighted by Gasteiger charge is 2.62. The molecule has 5 aliphatic heterocycles. The molecule has 0 radical (unpaired) electrons. The Kier molecular flexibility index (Phi) is 33.2. The van der Waals surface area contributed by atoms with Crippen molar-refractivity contribution in [3.8, 4) is 0 Å². The summed E-state index contributed by atoms with van der Waals surface area (Å²) in [5, 5.41) is 58.8. The second kappa shape index (κ2) is 37.7. The molecule has 5 aliphatic rings. The molecule has 5 heterocycles. The molecule has 5 fully saturated rings. The van der Waals surface area contributed by atoms with Gasteiger partial charge in [-0.15, -0.1) is 13.0 Å². The second-order valence-corrected chi connectivity index (χ2v) is 24.2. The van der Waals surface area contributed by atoms with Crippen LogP contribution in [0.1, 0.15) is 0 Å². The van der Waals surface area contributed by atoms with Crippen molar-refractivity contribution < 1.29 is 221 Å². The third kappa shape index (κ3) is 23.2. The molecule has 5 saturated heterocycles. The summed E-state index contributed by atoms with van der Waals surface area (Å²) in [5.41, 5.74) is 6.43. The molecule has 0 aliphatic carbocycles. The smallest absolute Gasteiger partial charge is 0.397 e. The Balaban J connectivity index is 1.59. The summed E-state index contributed by atoms with van der Waals surface area (Å²) < 4.78 is 276. The van der Waals surface area contributed by atoms with E-state index in [4.69, 9.17) is 114 Å². The van der Waals surface area contributed by atoms with Crippen molar-refractivity contribution in [2.45, 2.75) is 153 Å². The van der Waals surface area contributed by atoms with E-state index >= 15 is 0 Å². The first kappa shape index (κ1) is 82.0. The lowest BCUT2D eigenvalue weighted by molar-refractivity contribution is -0.436. The van der Waals surface area contributed by atoms with E-state index < -0.39 is 239 Å². The highest BCUT2D eigenvalue weighted by atomic mass is 32.3. The molecule has 93 heavy (non-hydrogen) atoms. The lowest BCUT2D eigenvalue weighted by Crippen LogP contribution is -2.70. The van der Waals surface area contributed by atoms with Gasteiger partial charge in [-0.05, 0) is 0 Å². The first-order valence-electron chi connectivity index (χ1n) is 25.0. The van der Waals surface area contributed by atoms with E-state index in [1.165, 1.54) is 0 Å². The van der Waals surface area contributed by atoms with Crippen molar-refractivity contribution in [3.05, 3.63) is 0 Å². The van der Waals surface area contributed by atoms with Crippen LogP contribution < -0.4 is 5.73 Å². The highest BCUT2D eigenvalue weighted by molar-refractivity contribution is 7.90. The van der Waals surface area contributed by atoms with Gasteiger partial charge in [0.2, 0.25) is 0 Å². The highest BCUT2D eigenvalue weighted by Crippen LogP contribution is 2.42. The molecule has 0 aromatic rings. The van der Waals surface area contributed by atoms with E-state index in [0.29, 0.717) is 0 Å². The number of hydrogen-bond acceptors (Lipinski definition) is 46. The Hall–Kier alpha value is -1.69. The predicted octanol–water partition coefficient (Wildman–Crippen LogP) is -4.86. The van der Waals surface area contributed by atoms with Crippen LogP contribution in [-0.4, -0.2) is 313 Å². The predicted molar refractivity (Wildman–Crippen MR) is 279 cm³/mol. The number of carbonyl (C=O) groups is 2. The maximum atomic E-state index is 13.4. The molecule has 11 N–H and O–H groups in total. The monoisotopic (exact) mass is 1510 g/mol. The average Bonchev–Trinajstić information content (AvgIpc) is 0.772. The summed E-state index contributed by atoms with van der Waals surface area (Å²) in [6.45, 7) is -3.74. The molecule has 25 atom stereocenters. The van der Waals surface area contributed by atoms with Gasteiger partial charge < -0.3 is 91.7 Å². The molecule has 0 amide bonds. The van der Waals surface area contributed by atoms with Crippen molar-refractivity contribution in [1.29, 1.82) is 0 Å². The zero-order valence-corrected chi connectivity index (χ0v) is 53.7. The van der Waals surface area contributed by atoms with Gasteiger partial charge in [0.1, 0.15) is 91.6 Å². The minimum absolute atomic E-state index is 0.128. The van der Waals surface area contributed by atoms with E-state index in [1.54, 1.807) is 0 Å². The standard InChI is InChI=1S/C37H63NO48S7/c1-58-15-11(8-65-90(46,47)48)68-33(14(38)18(15)59-2)73-21-19(60-3)27(62-5)36(75-25(21)31(39)40)72-17-13(10-67-92(52,53)54)70-37(30(80-93(55,56)57)24(17)78-88-85-82-44)74-22-20(61-4)28(63-6)35(76-26(22)32(41)42)71-16-12(9-66-91(49,50)51)69-34(64-7)29(79-89-86-83-45)23(16)77-87-84-81-43/h11-30,33-37,43-45H,8-10,38H2,1-7H3,(H,39,40)(H,41,42)(H,46,47,48)(H,49,50,51)(H,52,53,54)(H,55,56,57)/t11?,12?,13-,14?,15-,16+,17+,18+,19-,20?,21-,22-,23-,24?,25?,26+,27?,28?,29?,30?,33-,34-,35-,36+,37+/m0/s1. The Morgan fingerprint density at radius 1 is 0.376 bits per heavy atom. The summed E-state index contributed by atoms with van der Waals surface area (Å²) in [6.07, 6.45) is -49.3. The fraction of sp³-hybridized carbons (Fsp3) is 0.946. The van der Waals surface area contributed by atoms with Crippen LogP contribution in [0.2, 0.25) is 0 Å². The van der Waals surface area contributed by atoms with E-state index in [1.807, 2.05) is 0 Å². The van der Waals surface area contributed by atoms with Gasteiger partial charge in [-0.1, -0.05) is 15.1 Å². The largest absolute Gasteiger partial charge is 0.479 e. The number of rotatable bonds is 40. The fourth-order valence-electron chi connectivity index (χ4n) is 9.85. The molecule has 0 aromatic heterocycles. The van der Waals surface area contributed by atoms with E-state index in [2.05, 4.69) is 40.7 Å². The molecule has 10 unspecified atom stereocenters. The van der Waals surface area contributed by atoms with E-state index in [-0.39, 0.29) is 24.6 Å². The molecule has 5 rings (SSSR count). The Bertz CT molecular complexity index is 2750. The van der Waals surface area contributed by atoms with Crippen LogP contribution in [-0.2, 0) is 184 Å². The fourth-order valence-corrected chi connectivity index (χ4v) is 12.3. The van der Waals surface area contributed by atoms with Gasteiger partial charge in [0.15, 0.2) is 92.8 Å². The Labute approximate surface area is 537 Å². The van der Waals surface area contributed by atoms with Crippen LogP contribution in [0, 0.1) is 0 Å². The molecule has 0 spiro atoms. The molecular weight excluding hydrogens is 1450 g/mol. The SMILES string of the molecule is COC1C(OC)[C@H](O[C@H]2O[C@@H](COS(=O)(=O)O)[C@@H](O[C@@H]3OC(C(=O)O)[C@@H](O[C@@H]4OC(COS(=O)(=O)O)[C@H](OC)[C@H](OC)C4N)[C@H](OC)C3OC)C(OSOOO)C2OS(=O)(=O)O)[C@H](C(=O)O)O[C@@H]1O[C@@H]1C(COS(=O)(=O)O)O[C@H](OC)C(OSOOO)[C@H]1OSOOO. The topological polar surface area (TPSA) is 646 Å². The number of carboxylic acid groups (broad SMARTS) is 2. The van der Waals surface area contributed by atoms with Crippen LogP contribution in [0.25, 0.3) is 0 Å². The van der Waals surface area contributed by atoms with Crippen LogP contribution in [0.5, 0.6) is 0 Å². The summed E-state index contributed by atoms with van der Waals surface area (Å²) in [7, 11) is -15.0.